The number of hydrogen-bond donors (Lipinski definition) is 1. The van der Waals surface area contributed by atoms with Crippen LogP contribution in [0.15, 0.2) is 4.42 Å². The van der Waals surface area contributed by atoms with Gasteiger partial charge < -0.3 is 14.5 Å². The molecule has 116 valence electrons. The molecule has 0 bridgehead atoms. The first-order valence-corrected chi connectivity index (χ1v) is 8.26. The lowest BCUT2D eigenvalue weighted by atomic mass is 9.88. The van der Waals surface area contributed by atoms with Gasteiger partial charge >= 0.3 is 6.01 Å². The van der Waals surface area contributed by atoms with E-state index in [1.807, 2.05) is 0 Å². The Morgan fingerprint density at radius 1 is 1.14 bits per heavy atom. The number of nitrogens with zero attached hydrogens (tertiary/aromatic N) is 3. The molecule has 1 aromatic heterocycles. The van der Waals surface area contributed by atoms with Crippen LogP contribution in [0.25, 0.3) is 0 Å². The highest BCUT2D eigenvalue weighted by Crippen LogP contribution is 2.39. The summed E-state index contributed by atoms with van der Waals surface area (Å²) in [4.78, 5) is 2.64. The molecule has 4 rings (SSSR count). The van der Waals surface area contributed by atoms with Gasteiger partial charge in [-0.25, -0.2) is 0 Å². The molecular weight excluding hydrogens is 268 g/mol. The van der Waals surface area contributed by atoms with E-state index in [0.29, 0.717) is 11.9 Å². The minimum atomic E-state index is 0.197. The monoisotopic (exact) mass is 292 g/mol. The zero-order valence-electron chi connectivity index (χ0n) is 12.5. The van der Waals surface area contributed by atoms with E-state index >= 15 is 0 Å². The second kappa shape index (κ2) is 5.57. The van der Waals surface area contributed by atoms with E-state index in [1.165, 1.54) is 38.8 Å². The standard InChI is InChI=1S/C15H24N4O2/c1-2-8-19(7-1)15(5-9-20-10-6-15)11-16-14-18-17-13(21-14)12-3-4-12/h12H,1-11H2,(H,16,18). The minimum Gasteiger partial charge on any atom is -0.408 e. The molecule has 0 radical (unpaired) electrons. The molecular formula is C15H24N4O2. The highest BCUT2D eigenvalue weighted by Gasteiger charge is 2.40. The van der Waals surface area contributed by atoms with E-state index in [4.69, 9.17) is 9.15 Å². The van der Waals surface area contributed by atoms with Gasteiger partial charge in [0, 0.05) is 31.2 Å². The summed E-state index contributed by atoms with van der Waals surface area (Å²) in [7, 11) is 0. The topological polar surface area (TPSA) is 63.4 Å². The third kappa shape index (κ3) is 2.79. The fourth-order valence-electron chi connectivity index (χ4n) is 3.59. The molecule has 6 heteroatoms. The SMILES string of the molecule is C1CCN(C2(CNc3nnc(C4CC4)o3)CCOCC2)C1. The van der Waals surface area contributed by atoms with Crippen LogP contribution >= 0.6 is 0 Å². The van der Waals surface area contributed by atoms with Gasteiger partial charge in [-0.05, 0) is 51.6 Å². The predicted molar refractivity (Wildman–Crippen MR) is 78.4 cm³/mol. The Labute approximate surface area is 125 Å². The molecule has 2 saturated heterocycles. The van der Waals surface area contributed by atoms with Gasteiger partial charge in [0.2, 0.25) is 5.89 Å². The number of aromatic nitrogens is 2. The van der Waals surface area contributed by atoms with Crippen molar-refractivity contribution in [2.45, 2.75) is 50.0 Å². The summed E-state index contributed by atoms with van der Waals surface area (Å²) in [6.45, 7) is 5.00. The highest BCUT2D eigenvalue weighted by atomic mass is 16.5. The quantitative estimate of drug-likeness (QED) is 0.895. The number of ether oxygens (including phenoxy) is 1. The largest absolute Gasteiger partial charge is 0.408 e. The van der Waals surface area contributed by atoms with Crippen molar-refractivity contribution in [3.05, 3.63) is 5.89 Å². The van der Waals surface area contributed by atoms with Crippen molar-refractivity contribution in [1.82, 2.24) is 15.1 Å². The van der Waals surface area contributed by atoms with Crippen LogP contribution in [0.1, 0.15) is 50.3 Å². The summed E-state index contributed by atoms with van der Waals surface area (Å²) in [5.41, 5.74) is 0.197. The lowest BCUT2D eigenvalue weighted by Crippen LogP contribution is -2.55. The van der Waals surface area contributed by atoms with Crippen LogP contribution < -0.4 is 5.32 Å². The molecule has 0 unspecified atom stereocenters. The highest BCUT2D eigenvalue weighted by molar-refractivity contribution is 5.21. The van der Waals surface area contributed by atoms with E-state index in [0.717, 1.165) is 38.5 Å². The van der Waals surface area contributed by atoms with E-state index in [9.17, 15) is 0 Å². The molecule has 6 nitrogen and oxygen atoms in total. The molecule has 0 amide bonds. The summed E-state index contributed by atoms with van der Waals surface area (Å²) in [6.07, 6.45) is 7.19. The molecule has 0 aromatic carbocycles. The maximum Gasteiger partial charge on any atom is 0.315 e. The molecule has 3 aliphatic rings. The molecule has 2 aliphatic heterocycles. The van der Waals surface area contributed by atoms with Crippen molar-refractivity contribution in [2.75, 3.05) is 38.2 Å². The van der Waals surface area contributed by atoms with Gasteiger partial charge in [0.15, 0.2) is 0 Å². The van der Waals surface area contributed by atoms with Crippen LogP contribution in [0.4, 0.5) is 6.01 Å². The van der Waals surface area contributed by atoms with Gasteiger partial charge in [0.05, 0.1) is 0 Å². The second-order valence-corrected chi connectivity index (χ2v) is 6.60. The Morgan fingerprint density at radius 2 is 1.90 bits per heavy atom. The van der Waals surface area contributed by atoms with Crippen molar-refractivity contribution >= 4 is 6.01 Å². The Bertz CT molecular complexity index is 474. The van der Waals surface area contributed by atoms with Gasteiger partial charge in [-0.3, -0.25) is 4.90 Å². The number of rotatable bonds is 5. The number of nitrogens with one attached hydrogen (secondary N) is 1. The summed E-state index contributed by atoms with van der Waals surface area (Å²) in [5.74, 6) is 1.32. The third-order valence-electron chi connectivity index (χ3n) is 5.14. The first-order valence-electron chi connectivity index (χ1n) is 8.26. The van der Waals surface area contributed by atoms with Gasteiger partial charge in [0.25, 0.3) is 0 Å². The Morgan fingerprint density at radius 3 is 2.62 bits per heavy atom. The molecule has 1 aromatic rings. The fraction of sp³-hybridized carbons (Fsp3) is 0.867. The molecule has 3 heterocycles. The van der Waals surface area contributed by atoms with Crippen LogP contribution in [-0.4, -0.2) is 53.5 Å². The smallest absolute Gasteiger partial charge is 0.315 e. The molecule has 1 aliphatic carbocycles. The fourth-order valence-corrected chi connectivity index (χ4v) is 3.59. The van der Waals surface area contributed by atoms with Crippen molar-refractivity contribution in [2.24, 2.45) is 0 Å². The maximum absolute atomic E-state index is 5.72. The molecule has 1 saturated carbocycles. The van der Waals surface area contributed by atoms with Crippen molar-refractivity contribution in [1.29, 1.82) is 0 Å². The van der Waals surface area contributed by atoms with Crippen molar-refractivity contribution in [3.63, 3.8) is 0 Å². The average Bonchev–Trinajstić information content (AvgIpc) is 3.05. The molecule has 21 heavy (non-hydrogen) atoms. The Hall–Kier alpha value is -1.14. The van der Waals surface area contributed by atoms with Crippen LogP contribution in [0.3, 0.4) is 0 Å². The van der Waals surface area contributed by atoms with Crippen LogP contribution in [0.5, 0.6) is 0 Å². The van der Waals surface area contributed by atoms with Gasteiger partial charge in [-0.2, -0.15) is 0 Å². The van der Waals surface area contributed by atoms with Gasteiger partial charge in [-0.1, -0.05) is 5.10 Å². The molecule has 1 N–H and O–H groups in total. The maximum atomic E-state index is 5.72. The van der Waals surface area contributed by atoms with Gasteiger partial charge in [-0.15, -0.1) is 5.10 Å². The van der Waals surface area contributed by atoms with Crippen molar-refractivity contribution < 1.29 is 9.15 Å². The van der Waals surface area contributed by atoms with Crippen molar-refractivity contribution in [3.8, 4) is 0 Å². The lowest BCUT2D eigenvalue weighted by Gasteiger charge is -2.44. The Kier molecular flexibility index (Phi) is 3.59. The number of likely N-dealkylation sites (tertiary alicyclic amines) is 1. The van der Waals surface area contributed by atoms with Crippen LogP contribution in [0, 0.1) is 0 Å². The first kappa shape index (κ1) is 13.5. The molecule has 0 atom stereocenters. The summed E-state index contributed by atoms with van der Waals surface area (Å²) >= 11 is 0. The summed E-state index contributed by atoms with van der Waals surface area (Å²) < 4.78 is 11.3. The van der Waals surface area contributed by atoms with E-state index in [2.05, 4.69) is 20.4 Å². The Balaban J connectivity index is 1.43. The number of hydrogen-bond acceptors (Lipinski definition) is 6. The predicted octanol–water partition coefficient (Wildman–Crippen LogP) is 2.00. The zero-order chi connectivity index (χ0) is 14.1. The summed E-state index contributed by atoms with van der Waals surface area (Å²) in [6, 6.07) is 0.585. The van der Waals surface area contributed by atoms with E-state index < -0.39 is 0 Å². The normalized spacial score (nSPS) is 26.1. The zero-order valence-corrected chi connectivity index (χ0v) is 12.5. The van der Waals surface area contributed by atoms with E-state index in [-0.39, 0.29) is 5.54 Å². The van der Waals surface area contributed by atoms with E-state index in [1.54, 1.807) is 0 Å². The third-order valence-corrected chi connectivity index (χ3v) is 5.14. The second-order valence-electron chi connectivity index (χ2n) is 6.60. The lowest BCUT2D eigenvalue weighted by molar-refractivity contribution is -0.0121. The molecule has 0 spiro atoms. The van der Waals surface area contributed by atoms with Gasteiger partial charge in [0.1, 0.15) is 0 Å². The average molecular weight is 292 g/mol. The number of anilines is 1. The molecule has 3 fully saturated rings. The first-order chi connectivity index (χ1) is 10.4. The summed E-state index contributed by atoms with van der Waals surface area (Å²) in [5, 5.41) is 11.7. The van der Waals surface area contributed by atoms with Crippen LogP contribution in [0.2, 0.25) is 0 Å². The minimum absolute atomic E-state index is 0.197. The van der Waals surface area contributed by atoms with Crippen LogP contribution in [-0.2, 0) is 4.74 Å².